The monoisotopic (exact) mass is 642 g/mol. The Bertz CT molecular complexity index is 1730. The minimum absolute atomic E-state index is 0.166. The van der Waals surface area contributed by atoms with Crippen molar-refractivity contribution in [3.63, 3.8) is 0 Å². The van der Waals surface area contributed by atoms with Crippen LogP contribution in [0.3, 0.4) is 0 Å². The van der Waals surface area contributed by atoms with Crippen molar-refractivity contribution >= 4 is 47.9 Å². The second kappa shape index (κ2) is 14.7. The Kier molecular flexibility index (Phi) is 10.6. The van der Waals surface area contributed by atoms with Crippen LogP contribution in [0.15, 0.2) is 78.0 Å². The van der Waals surface area contributed by atoms with Crippen LogP contribution in [0.1, 0.15) is 35.0 Å². The molecule has 2 aromatic carbocycles. The number of rotatable bonds is 14. The van der Waals surface area contributed by atoms with Gasteiger partial charge in [0.15, 0.2) is 11.4 Å². The summed E-state index contributed by atoms with van der Waals surface area (Å²) in [7, 11) is 9.56. The van der Waals surface area contributed by atoms with Gasteiger partial charge in [0.2, 0.25) is 0 Å². The molecule has 0 atom stereocenters. The molecule has 0 saturated heterocycles. The summed E-state index contributed by atoms with van der Waals surface area (Å²) in [6.45, 7) is 1.38. The number of hydrogen-bond donors (Lipinski definition) is 0. The molecule has 1 aromatic heterocycles. The molecular weight excluding hydrogens is 597 g/mol. The fourth-order valence-electron chi connectivity index (χ4n) is 6.08. The number of anilines is 2. The molecule has 10 heteroatoms. The average molecular weight is 643 g/mol. The molecule has 3 heterocycles. The second-order valence-electron chi connectivity index (χ2n) is 12.3. The number of methoxy groups -OCH3 is 1. The van der Waals surface area contributed by atoms with Crippen molar-refractivity contribution in [3.05, 3.63) is 106 Å². The van der Waals surface area contributed by atoms with Crippen molar-refractivity contribution in [2.24, 2.45) is 0 Å². The lowest BCUT2D eigenvalue weighted by atomic mass is 9.86. The van der Waals surface area contributed by atoms with E-state index in [1.54, 1.807) is 19.3 Å². The fraction of sp³-hybridized carbons (Fsp3) is 0.324. The summed E-state index contributed by atoms with van der Waals surface area (Å²) in [4.78, 5) is 4.05. The van der Waals surface area contributed by atoms with Crippen LogP contribution in [0, 0.1) is 6.92 Å². The Balaban J connectivity index is 1.55. The van der Waals surface area contributed by atoms with Gasteiger partial charge in [0.05, 0.1) is 38.6 Å². The third-order valence-electron chi connectivity index (χ3n) is 8.47. The van der Waals surface area contributed by atoms with E-state index in [-0.39, 0.29) is 6.61 Å². The number of fused-ring (bicyclic) bond motifs is 2. The van der Waals surface area contributed by atoms with E-state index in [9.17, 15) is 0 Å². The number of allylic oxidation sites excluding steroid dienone is 3. The van der Waals surface area contributed by atoms with E-state index in [0.29, 0.717) is 49.2 Å². The molecule has 0 bridgehead atoms. The number of aryl methyl sites for hydroxylation is 1. The zero-order valence-electron chi connectivity index (χ0n) is 28.5. The number of nitrogens with zero attached hydrogens (tertiary/aromatic N) is 4. The standard InChI is InChI=1S/C37H45BF2N4O3/c1-27-24-33(18-12-29-8-14-31(15-9-29)41(3)4)43-36(27)35(26-47-23-22-46-21-20-45-7)37-28(2)25-34(44(37)38(43,39)40)19-13-30-10-16-32(17-11-30)42(5)6/h8-19,24-25H,20-23,26H2,1-7H3/b18-12+,19-13+. The molecule has 5 rings (SSSR count). The van der Waals surface area contributed by atoms with Crippen LogP contribution in [0.5, 0.6) is 0 Å². The molecule has 0 fully saturated rings. The van der Waals surface area contributed by atoms with E-state index in [2.05, 4.69) is 0 Å². The predicted octanol–water partition coefficient (Wildman–Crippen LogP) is 6.85. The van der Waals surface area contributed by atoms with Crippen LogP contribution >= 0.6 is 0 Å². The molecule has 2 aliphatic rings. The molecule has 0 radical (unpaired) electrons. The van der Waals surface area contributed by atoms with Gasteiger partial charge in [-0.1, -0.05) is 30.3 Å². The lowest BCUT2D eigenvalue weighted by Crippen LogP contribution is -2.51. The van der Waals surface area contributed by atoms with Crippen molar-refractivity contribution in [2.75, 3.05) is 78.1 Å². The molecule has 0 unspecified atom stereocenters. The number of benzene rings is 2. The molecule has 248 valence electrons. The molecule has 0 saturated carbocycles. The molecule has 0 amide bonds. The Morgan fingerprint density at radius 3 is 1.89 bits per heavy atom. The molecule has 2 aliphatic heterocycles. The molecule has 3 aromatic rings. The van der Waals surface area contributed by atoms with Gasteiger partial charge >= 0.3 is 6.97 Å². The Morgan fingerprint density at radius 1 is 0.766 bits per heavy atom. The summed E-state index contributed by atoms with van der Waals surface area (Å²) in [5.41, 5.74) is 8.15. The second-order valence-corrected chi connectivity index (χ2v) is 12.3. The smallest absolute Gasteiger partial charge is 0.390 e. The molecule has 0 N–H and O–H groups in total. The Hall–Kier alpha value is -4.25. The molecule has 0 aliphatic carbocycles. The van der Waals surface area contributed by atoms with Crippen molar-refractivity contribution in [2.45, 2.75) is 13.8 Å². The highest BCUT2D eigenvalue weighted by Crippen LogP contribution is 2.42. The van der Waals surface area contributed by atoms with E-state index >= 15 is 8.63 Å². The highest BCUT2D eigenvalue weighted by atomic mass is 19.2. The van der Waals surface area contributed by atoms with Crippen LogP contribution in [-0.4, -0.2) is 90.0 Å². The summed E-state index contributed by atoms with van der Waals surface area (Å²) >= 11 is 0. The summed E-state index contributed by atoms with van der Waals surface area (Å²) in [6.07, 6.45) is 9.17. The Morgan fingerprint density at radius 2 is 1.32 bits per heavy atom. The lowest BCUT2D eigenvalue weighted by Gasteiger charge is -2.34. The molecule has 0 spiro atoms. The zero-order chi connectivity index (χ0) is 33.7. The maximum Gasteiger partial charge on any atom is 0.737 e. The first-order valence-electron chi connectivity index (χ1n) is 15.9. The molecule has 7 nitrogen and oxygen atoms in total. The maximum atomic E-state index is 17.0. The van der Waals surface area contributed by atoms with Crippen molar-refractivity contribution in [1.82, 2.24) is 4.48 Å². The SMILES string of the molecule is COCCOCCOCC1=C2C(C)=CC(/C=C/c3ccc(N(C)C)cc3)=[N+]2[B-](F)(F)n2c(/C=C/c3ccc(N(C)C)cc3)cc(C)c21. The van der Waals surface area contributed by atoms with Gasteiger partial charge in [-0.25, -0.2) is 0 Å². The van der Waals surface area contributed by atoms with Crippen molar-refractivity contribution in [3.8, 4) is 0 Å². The fourth-order valence-corrected chi connectivity index (χ4v) is 6.08. The highest BCUT2D eigenvalue weighted by Gasteiger charge is 2.55. The van der Waals surface area contributed by atoms with Crippen LogP contribution in [0.4, 0.5) is 20.0 Å². The normalized spacial score (nSPS) is 15.6. The van der Waals surface area contributed by atoms with Gasteiger partial charge in [0.1, 0.15) is 0 Å². The quantitative estimate of drug-likeness (QED) is 0.142. The number of ether oxygens (including phenoxy) is 3. The number of aromatic nitrogens is 1. The third-order valence-corrected chi connectivity index (χ3v) is 8.47. The van der Waals surface area contributed by atoms with Gasteiger partial charge < -0.3 is 41.6 Å². The van der Waals surface area contributed by atoms with Crippen molar-refractivity contribution in [1.29, 1.82) is 0 Å². The van der Waals surface area contributed by atoms with E-state index in [1.165, 1.54) is 8.96 Å². The summed E-state index contributed by atoms with van der Waals surface area (Å²) < 4.78 is 53.2. The summed E-state index contributed by atoms with van der Waals surface area (Å²) in [5.74, 6) is 0. The lowest BCUT2D eigenvalue weighted by molar-refractivity contribution is -0.362. The number of halogens is 2. The van der Waals surface area contributed by atoms with Crippen LogP contribution < -0.4 is 9.80 Å². The van der Waals surface area contributed by atoms with Gasteiger partial charge in [-0.15, -0.1) is 0 Å². The van der Waals surface area contributed by atoms with Gasteiger partial charge in [0, 0.05) is 75.8 Å². The first kappa shape index (κ1) is 34.1. The van der Waals surface area contributed by atoms with Crippen LogP contribution in [-0.2, 0) is 14.2 Å². The van der Waals surface area contributed by atoms with E-state index in [4.69, 9.17) is 14.2 Å². The summed E-state index contributed by atoms with van der Waals surface area (Å²) in [6, 6.07) is 17.9. The highest BCUT2D eigenvalue weighted by molar-refractivity contribution is 6.58. The van der Waals surface area contributed by atoms with Crippen LogP contribution in [0.2, 0.25) is 0 Å². The van der Waals surface area contributed by atoms with Gasteiger partial charge in [-0.2, -0.15) is 0 Å². The number of hydrogen-bond acceptors (Lipinski definition) is 5. The van der Waals surface area contributed by atoms with Gasteiger partial charge in [-0.05, 0) is 73.0 Å². The first-order chi connectivity index (χ1) is 22.5. The largest absolute Gasteiger partial charge is 0.737 e. The van der Waals surface area contributed by atoms with Gasteiger partial charge in [-0.3, -0.25) is 0 Å². The van der Waals surface area contributed by atoms with Crippen molar-refractivity contribution < 1.29 is 27.3 Å². The average Bonchev–Trinajstić information content (AvgIpc) is 3.57. The topological polar surface area (TPSA) is 42.1 Å². The maximum absolute atomic E-state index is 17.0. The Labute approximate surface area is 277 Å². The van der Waals surface area contributed by atoms with E-state index in [1.807, 2.05) is 125 Å². The summed E-state index contributed by atoms with van der Waals surface area (Å²) in [5, 5.41) is 0. The minimum Gasteiger partial charge on any atom is -0.390 e. The minimum atomic E-state index is -4.25. The molecule has 47 heavy (non-hydrogen) atoms. The van der Waals surface area contributed by atoms with E-state index < -0.39 is 6.97 Å². The third kappa shape index (κ3) is 7.35. The van der Waals surface area contributed by atoms with E-state index in [0.717, 1.165) is 39.2 Å². The first-order valence-corrected chi connectivity index (χ1v) is 15.9. The predicted molar refractivity (Wildman–Crippen MR) is 191 cm³/mol. The van der Waals surface area contributed by atoms with Crippen LogP contribution in [0.25, 0.3) is 23.8 Å². The van der Waals surface area contributed by atoms with Gasteiger partial charge in [0.25, 0.3) is 0 Å². The zero-order valence-corrected chi connectivity index (χ0v) is 28.5. The molecular formula is C37H45BF2N4O3.